The largest absolute Gasteiger partial charge is 0.349 e. The van der Waals surface area contributed by atoms with E-state index in [2.05, 4.69) is 10.3 Å². The van der Waals surface area contributed by atoms with Crippen LogP contribution in [0, 0.1) is 0 Å². The third kappa shape index (κ3) is 2.44. The molecular formula is C6H8ClN3OS. The van der Waals surface area contributed by atoms with Crippen LogP contribution in [0.4, 0.5) is 0 Å². The fourth-order valence-electron chi connectivity index (χ4n) is 0.620. The molecule has 3 N–H and O–H groups in total. The Balaban J connectivity index is 2.53. The van der Waals surface area contributed by atoms with Crippen LogP contribution < -0.4 is 11.1 Å². The first-order valence-corrected chi connectivity index (χ1v) is 4.59. The number of amides is 1. The molecule has 6 heteroatoms. The summed E-state index contributed by atoms with van der Waals surface area (Å²) >= 11 is 6.75. The predicted octanol–water partition coefficient (Wildman–Crippen LogP) is 0.485. The molecule has 0 aliphatic heterocycles. The van der Waals surface area contributed by atoms with Gasteiger partial charge in [0.1, 0.15) is 5.15 Å². The second kappa shape index (κ2) is 4.39. The molecule has 0 unspecified atom stereocenters. The van der Waals surface area contributed by atoms with Gasteiger partial charge in [0, 0.05) is 18.5 Å². The standard InChI is InChI=1S/C6H8ClN3OS/c7-4-3-12-6(10-4)5(11)9-2-1-8/h3H,1-2,8H2,(H,9,11). The summed E-state index contributed by atoms with van der Waals surface area (Å²) in [5.74, 6) is -0.225. The van der Waals surface area contributed by atoms with E-state index in [0.717, 1.165) is 0 Å². The van der Waals surface area contributed by atoms with Crippen molar-refractivity contribution in [3.63, 3.8) is 0 Å². The maximum atomic E-state index is 11.1. The van der Waals surface area contributed by atoms with Crippen LogP contribution in [0.25, 0.3) is 0 Å². The monoisotopic (exact) mass is 205 g/mol. The summed E-state index contributed by atoms with van der Waals surface area (Å²) in [6, 6.07) is 0. The van der Waals surface area contributed by atoms with Crippen LogP contribution in [-0.2, 0) is 0 Å². The van der Waals surface area contributed by atoms with Crippen molar-refractivity contribution in [2.24, 2.45) is 5.73 Å². The van der Waals surface area contributed by atoms with E-state index in [4.69, 9.17) is 17.3 Å². The molecular weight excluding hydrogens is 198 g/mol. The summed E-state index contributed by atoms with van der Waals surface area (Å²) in [5.41, 5.74) is 5.20. The number of aromatic nitrogens is 1. The second-order valence-corrected chi connectivity index (χ2v) is 3.27. The van der Waals surface area contributed by atoms with Crippen molar-refractivity contribution in [1.29, 1.82) is 0 Å². The van der Waals surface area contributed by atoms with Crippen LogP contribution >= 0.6 is 22.9 Å². The molecule has 0 atom stereocenters. The summed E-state index contributed by atoms with van der Waals surface area (Å²) in [4.78, 5) is 14.9. The molecule has 66 valence electrons. The van der Waals surface area contributed by atoms with Gasteiger partial charge in [0.2, 0.25) is 0 Å². The maximum absolute atomic E-state index is 11.1. The molecule has 0 aromatic carbocycles. The molecule has 0 fully saturated rings. The van der Waals surface area contributed by atoms with E-state index in [0.29, 0.717) is 23.3 Å². The number of nitrogens with one attached hydrogen (secondary N) is 1. The number of rotatable bonds is 3. The maximum Gasteiger partial charge on any atom is 0.280 e. The highest BCUT2D eigenvalue weighted by atomic mass is 35.5. The van der Waals surface area contributed by atoms with Gasteiger partial charge in [-0.25, -0.2) is 4.98 Å². The van der Waals surface area contributed by atoms with Gasteiger partial charge in [-0.3, -0.25) is 4.79 Å². The predicted molar refractivity (Wildman–Crippen MR) is 48.5 cm³/mol. The lowest BCUT2D eigenvalue weighted by atomic mass is 10.5. The van der Waals surface area contributed by atoms with Crippen LogP contribution in [0.2, 0.25) is 5.15 Å². The molecule has 0 saturated heterocycles. The summed E-state index contributed by atoms with van der Waals surface area (Å²) in [5, 5.41) is 4.91. The normalized spacial score (nSPS) is 9.83. The zero-order chi connectivity index (χ0) is 8.97. The summed E-state index contributed by atoms with van der Waals surface area (Å²) in [6.07, 6.45) is 0. The zero-order valence-electron chi connectivity index (χ0n) is 6.21. The average molecular weight is 206 g/mol. The first kappa shape index (κ1) is 9.44. The van der Waals surface area contributed by atoms with Gasteiger partial charge in [-0.05, 0) is 0 Å². The van der Waals surface area contributed by atoms with Gasteiger partial charge in [0.15, 0.2) is 5.01 Å². The van der Waals surface area contributed by atoms with Crippen LogP contribution in [0.5, 0.6) is 0 Å². The van der Waals surface area contributed by atoms with E-state index >= 15 is 0 Å². The van der Waals surface area contributed by atoms with Crippen molar-refractivity contribution in [3.8, 4) is 0 Å². The molecule has 0 aliphatic rings. The Morgan fingerprint density at radius 3 is 3.08 bits per heavy atom. The zero-order valence-corrected chi connectivity index (χ0v) is 7.78. The lowest BCUT2D eigenvalue weighted by Crippen LogP contribution is -2.28. The molecule has 1 heterocycles. The van der Waals surface area contributed by atoms with E-state index < -0.39 is 0 Å². The van der Waals surface area contributed by atoms with Crippen molar-refractivity contribution >= 4 is 28.8 Å². The molecule has 1 amide bonds. The van der Waals surface area contributed by atoms with Crippen LogP contribution in [0.3, 0.4) is 0 Å². The third-order valence-corrected chi connectivity index (χ3v) is 2.26. The quantitative estimate of drug-likeness (QED) is 0.755. The van der Waals surface area contributed by atoms with E-state index in [9.17, 15) is 4.79 Å². The van der Waals surface area contributed by atoms with Crippen molar-refractivity contribution in [2.75, 3.05) is 13.1 Å². The molecule has 1 rings (SSSR count). The molecule has 0 bridgehead atoms. The minimum Gasteiger partial charge on any atom is -0.349 e. The number of hydrogen-bond acceptors (Lipinski definition) is 4. The van der Waals surface area contributed by atoms with E-state index in [1.807, 2.05) is 0 Å². The molecule has 12 heavy (non-hydrogen) atoms. The summed E-state index contributed by atoms with van der Waals surface area (Å²) < 4.78 is 0. The lowest BCUT2D eigenvalue weighted by Gasteiger charge is -1.97. The van der Waals surface area contributed by atoms with Gasteiger partial charge in [0.05, 0.1) is 0 Å². The Labute approximate surface area is 78.7 Å². The Hall–Kier alpha value is -0.650. The summed E-state index contributed by atoms with van der Waals surface area (Å²) in [6.45, 7) is 0.876. The average Bonchev–Trinajstić information content (AvgIpc) is 2.47. The van der Waals surface area contributed by atoms with Gasteiger partial charge in [-0.2, -0.15) is 0 Å². The smallest absolute Gasteiger partial charge is 0.280 e. The van der Waals surface area contributed by atoms with E-state index in [-0.39, 0.29) is 5.91 Å². The molecule has 0 saturated carbocycles. The Bertz CT molecular complexity index is 276. The highest BCUT2D eigenvalue weighted by Crippen LogP contribution is 2.13. The number of carbonyl (C=O) groups is 1. The Morgan fingerprint density at radius 2 is 2.58 bits per heavy atom. The number of carbonyl (C=O) groups excluding carboxylic acids is 1. The number of nitrogens with two attached hydrogens (primary N) is 1. The number of hydrogen-bond donors (Lipinski definition) is 2. The second-order valence-electron chi connectivity index (χ2n) is 2.02. The van der Waals surface area contributed by atoms with Gasteiger partial charge in [-0.15, -0.1) is 11.3 Å². The van der Waals surface area contributed by atoms with Crippen LogP contribution in [-0.4, -0.2) is 24.0 Å². The topological polar surface area (TPSA) is 68.0 Å². The van der Waals surface area contributed by atoms with Gasteiger partial charge >= 0.3 is 0 Å². The Morgan fingerprint density at radius 1 is 1.83 bits per heavy atom. The first-order chi connectivity index (χ1) is 5.74. The van der Waals surface area contributed by atoms with Gasteiger partial charge < -0.3 is 11.1 Å². The molecule has 0 radical (unpaired) electrons. The van der Waals surface area contributed by atoms with Gasteiger partial charge in [-0.1, -0.05) is 11.6 Å². The SMILES string of the molecule is NCCNC(=O)c1nc(Cl)cs1. The van der Waals surface area contributed by atoms with Crippen molar-refractivity contribution in [1.82, 2.24) is 10.3 Å². The number of thiazole rings is 1. The molecule has 0 spiro atoms. The highest BCUT2D eigenvalue weighted by molar-refractivity contribution is 7.12. The van der Waals surface area contributed by atoms with Crippen molar-refractivity contribution in [2.45, 2.75) is 0 Å². The third-order valence-electron chi connectivity index (χ3n) is 1.10. The first-order valence-electron chi connectivity index (χ1n) is 3.33. The van der Waals surface area contributed by atoms with E-state index in [1.54, 1.807) is 5.38 Å². The minimum absolute atomic E-state index is 0.225. The van der Waals surface area contributed by atoms with Crippen LogP contribution in [0.1, 0.15) is 9.80 Å². The van der Waals surface area contributed by atoms with E-state index in [1.165, 1.54) is 11.3 Å². The number of halogens is 1. The van der Waals surface area contributed by atoms with Crippen molar-refractivity contribution < 1.29 is 4.79 Å². The Kier molecular flexibility index (Phi) is 3.46. The minimum atomic E-state index is -0.225. The molecule has 4 nitrogen and oxygen atoms in total. The van der Waals surface area contributed by atoms with Gasteiger partial charge in [0.25, 0.3) is 5.91 Å². The molecule has 0 aliphatic carbocycles. The summed E-state index contributed by atoms with van der Waals surface area (Å²) in [7, 11) is 0. The fourth-order valence-corrected chi connectivity index (χ4v) is 1.48. The fraction of sp³-hybridized carbons (Fsp3) is 0.333. The number of nitrogens with zero attached hydrogens (tertiary/aromatic N) is 1. The highest BCUT2D eigenvalue weighted by Gasteiger charge is 2.08. The van der Waals surface area contributed by atoms with Crippen molar-refractivity contribution in [3.05, 3.63) is 15.5 Å². The molecule has 1 aromatic heterocycles. The lowest BCUT2D eigenvalue weighted by molar-refractivity contribution is 0.0954. The molecule has 1 aromatic rings. The van der Waals surface area contributed by atoms with Crippen LogP contribution in [0.15, 0.2) is 5.38 Å².